The van der Waals surface area contributed by atoms with Gasteiger partial charge in [-0.1, -0.05) is 41.6 Å². The van der Waals surface area contributed by atoms with E-state index >= 15 is 0 Å². The molecule has 6 nitrogen and oxygen atoms in total. The fourth-order valence-electron chi connectivity index (χ4n) is 3.34. The summed E-state index contributed by atoms with van der Waals surface area (Å²) in [6.45, 7) is 4.06. The number of halogens is 1. The van der Waals surface area contributed by atoms with E-state index in [0.29, 0.717) is 21.8 Å². The van der Waals surface area contributed by atoms with Crippen LogP contribution in [0.15, 0.2) is 71.9 Å². The Bertz CT molecular complexity index is 1290. The van der Waals surface area contributed by atoms with Crippen LogP contribution in [0.4, 0.5) is 5.69 Å². The number of methoxy groups -OCH3 is 1. The lowest BCUT2D eigenvalue weighted by molar-refractivity contribution is -0.113. The smallest absolute Gasteiger partial charge is 0.234 e. The van der Waals surface area contributed by atoms with Gasteiger partial charge in [0, 0.05) is 16.4 Å². The number of nitrogens with one attached hydrogen (secondary N) is 1. The van der Waals surface area contributed by atoms with Crippen molar-refractivity contribution in [3.8, 4) is 22.8 Å². The highest BCUT2D eigenvalue weighted by molar-refractivity contribution is 7.99. The summed E-state index contributed by atoms with van der Waals surface area (Å²) in [5.74, 6) is 1.37. The van der Waals surface area contributed by atoms with Gasteiger partial charge in [0.25, 0.3) is 0 Å². The third-order valence-electron chi connectivity index (χ3n) is 5.19. The summed E-state index contributed by atoms with van der Waals surface area (Å²) < 4.78 is 7.43. The number of hydrogen-bond acceptors (Lipinski definition) is 5. The van der Waals surface area contributed by atoms with Crippen molar-refractivity contribution in [3.05, 3.63) is 82.9 Å². The molecule has 1 heterocycles. The van der Waals surface area contributed by atoms with Gasteiger partial charge in [0.2, 0.25) is 5.91 Å². The first-order valence-electron chi connectivity index (χ1n) is 10.3. The van der Waals surface area contributed by atoms with Crippen molar-refractivity contribution in [3.63, 3.8) is 0 Å². The van der Waals surface area contributed by atoms with Crippen molar-refractivity contribution >= 4 is 35.0 Å². The molecule has 0 fully saturated rings. The molecular formula is C25H23ClN4O2S. The zero-order valence-corrected chi connectivity index (χ0v) is 20.1. The topological polar surface area (TPSA) is 69.0 Å². The number of carbonyl (C=O) groups excluding carboxylic acids is 1. The molecular weight excluding hydrogens is 456 g/mol. The maximum atomic E-state index is 12.6. The van der Waals surface area contributed by atoms with Crippen LogP contribution in [0, 0.1) is 13.8 Å². The molecule has 8 heteroatoms. The van der Waals surface area contributed by atoms with Gasteiger partial charge in [-0.3, -0.25) is 9.36 Å². The lowest BCUT2D eigenvalue weighted by atomic mass is 10.1. The molecule has 0 unspecified atom stereocenters. The molecule has 4 rings (SSSR count). The number of amides is 1. The van der Waals surface area contributed by atoms with E-state index in [9.17, 15) is 4.79 Å². The number of ether oxygens (including phenoxy) is 1. The van der Waals surface area contributed by atoms with Crippen molar-refractivity contribution in [1.29, 1.82) is 0 Å². The molecule has 1 amide bonds. The SMILES string of the molecule is COc1ccccc1-c1nnc(SCC(=O)Nc2ccc(C)c(C)c2)n1-c1ccc(Cl)cc1. The average Bonchev–Trinajstić information content (AvgIpc) is 3.24. The molecule has 3 aromatic carbocycles. The summed E-state index contributed by atoms with van der Waals surface area (Å²) in [5.41, 5.74) is 4.72. The molecule has 0 aliphatic carbocycles. The Labute approximate surface area is 202 Å². The van der Waals surface area contributed by atoms with Gasteiger partial charge in [-0.25, -0.2) is 0 Å². The van der Waals surface area contributed by atoms with Crippen molar-refractivity contribution in [2.24, 2.45) is 0 Å². The molecule has 0 atom stereocenters. The van der Waals surface area contributed by atoms with Gasteiger partial charge in [0.15, 0.2) is 11.0 Å². The van der Waals surface area contributed by atoms with Gasteiger partial charge in [0.1, 0.15) is 5.75 Å². The molecule has 0 bridgehead atoms. The number of benzene rings is 3. The van der Waals surface area contributed by atoms with Crippen molar-refractivity contribution in [1.82, 2.24) is 14.8 Å². The number of thioether (sulfide) groups is 1. The van der Waals surface area contributed by atoms with E-state index in [4.69, 9.17) is 16.3 Å². The summed E-state index contributed by atoms with van der Waals surface area (Å²) in [6.07, 6.45) is 0. The largest absolute Gasteiger partial charge is 0.496 e. The lowest BCUT2D eigenvalue weighted by Gasteiger charge is -2.13. The van der Waals surface area contributed by atoms with Gasteiger partial charge >= 0.3 is 0 Å². The van der Waals surface area contributed by atoms with Crippen LogP contribution in [0.5, 0.6) is 5.75 Å². The van der Waals surface area contributed by atoms with Crippen LogP contribution >= 0.6 is 23.4 Å². The highest BCUT2D eigenvalue weighted by atomic mass is 35.5. The number of nitrogens with zero attached hydrogens (tertiary/aromatic N) is 3. The second-order valence-corrected chi connectivity index (χ2v) is 8.83. The van der Waals surface area contributed by atoms with Crippen LogP contribution in [0.1, 0.15) is 11.1 Å². The predicted octanol–water partition coefficient (Wildman–Crippen LogP) is 5.94. The summed E-state index contributed by atoms with van der Waals surface area (Å²) in [4.78, 5) is 12.6. The number of carbonyl (C=O) groups is 1. The highest BCUT2D eigenvalue weighted by Gasteiger charge is 2.20. The van der Waals surface area contributed by atoms with Crippen LogP contribution in [-0.4, -0.2) is 33.5 Å². The van der Waals surface area contributed by atoms with E-state index in [1.807, 2.05) is 85.1 Å². The Hall–Kier alpha value is -3.29. The minimum atomic E-state index is -0.118. The lowest BCUT2D eigenvalue weighted by Crippen LogP contribution is -2.14. The first-order valence-corrected chi connectivity index (χ1v) is 11.7. The number of anilines is 1. The normalized spacial score (nSPS) is 10.8. The third-order valence-corrected chi connectivity index (χ3v) is 6.37. The van der Waals surface area contributed by atoms with Gasteiger partial charge in [0.05, 0.1) is 18.4 Å². The summed E-state index contributed by atoms with van der Waals surface area (Å²) in [7, 11) is 1.62. The van der Waals surface area contributed by atoms with E-state index in [1.54, 1.807) is 7.11 Å². The van der Waals surface area contributed by atoms with Gasteiger partial charge in [-0.05, 0) is 73.5 Å². The average molecular weight is 479 g/mol. The summed E-state index contributed by atoms with van der Waals surface area (Å²) >= 11 is 7.41. The number of aromatic nitrogens is 3. The van der Waals surface area contributed by atoms with Crippen LogP contribution in [0.25, 0.3) is 17.1 Å². The number of rotatable bonds is 7. The Morgan fingerprint density at radius 1 is 1.03 bits per heavy atom. The molecule has 0 radical (unpaired) electrons. The fraction of sp³-hybridized carbons (Fsp3) is 0.160. The first kappa shape index (κ1) is 22.9. The minimum Gasteiger partial charge on any atom is -0.496 e. The summed E-state index contributed by atoms with van der Waals surface area (Å²) in [6, 6.07) is 20.9. The Morgan fingerprint density at radius 3 is 2.52 bits per heavy atom. The number of hydrogen-bond donors (Lipinski definition) is 1. The van der Waals surface area contributed by atoms with E-state index in [0.717, 1.165) is 22.5 Å². The molecule has 1 aromatic heterocycles. The molecule has 168 valence electrons. The van der Waals surface area contributed by atoms with Gasteiger partial charge < -0.3 is 10.1 Å². The minimum absolute atomic E-state index is 0.118. The second kappa shape index (κ2) is 10.1. The van der Waals surface area contributed by atoms with Crippen molar-refractivity contribution < 1.29 is 9.53 Å². The molecule has 0 saturated carbocycles. The maximum Gasteiger partial charge on any atom is 0.234 e. The van der Waals surface area contributed by atoms with Crippen LogP contribution in [0.2, 0.25) is 5.02 Å². The van der Waals surface area contributed by atoms with Crippen LogP contribution in [0.3, 0.4) is 0 Å². The van der Waals surface area contributed by atoms with Crippen molar-refractivity contribution in [2.75, 3.05) is 18.2 Å². The number of aryl methyl sites for hydroxylation is 2. The van der Waals surface area contributed by atoms with Gasteiger partial charge in [-0.2, -0.15) is 0 Å². The molecule has 0 saturated heterocycles. The van der Waals surface area contributed by atoms with Crippen molar-refractivity contribution in [2.45, 2.75) is 19.0 Å². The molecule has 0 spiro atoms. The molecule has 0 aliphatic rings. The maximum absolute atomic E-state index is 12.6. The zero-order chi connectivity index (χ0) is 23.4. The Balaban J connectivity index is 1.62. The quantitative estimate of drug-likeness (QED) is 0.333. The summed E-state index contributed by atoms with van der Waals surface area (Å²) in [5, 5.41) is 13.0. The highest BCUT2D eigenvalue weighted by Crippen LogP contribution is 2.33. The Morgan fingerprint density at radius 2 is 1.79 bits per heavy atom. The van der Waals surface area contributed by atoms with Gasteiger partial charge in [-0.15, -0.1) is 10.2 Å². The van der Waals surface area contributed by atoms with Crippen LogP contribution < -0.4 is 10.1 Å². The second-order valence-electron chi connectivity index (χ2n) is 7.45. The fourth-order valence-corrected chi connectivity index (χ4v) is 4.21. The molecule has 33 heavy (non-hydrogen) atoms. The number of para-hydroxylation sites is 1. The van der Waals surface area contributed by atoms with E-state index in [-0.39, 0.29) is 11.7 Å². The Kier molecular flexibility index (Phi) is 7.01. The standard InChI is InChI=1S/C25H23ClN4O2S/c1-16-8-11-19(14-17(16)2)27-23(31)15-33-25-29-28-24(21-6-4-5-7-22(21)32-3)30(25)20-12-9-18(26)10-13-20/h4-14H,15H2,1-3H3,(H,27,31). The van der Waals surface area contributed by atoms with E-state index in [1.165, 1.54) is 17.3 Å². The molecule has 4 aromatic rings. The third kappa shape index (κ3) is 5.21. The predicted molar refractivity (Wildman–Crippen MR) is 134 cm³/mol. The van der Waals surface area contributed by atoms with Crippen LogP contribution in [-0.2, 0) is 4.79 Å². The van der Waals surface area contributed by atoms with E-state index < -0.39 is 0 Å². The zero-order valence-electron chi connectivity index (χ0n) is 18.5. The molecule has 1 N–H and O–H groups in total. The molecule has 0 aliphatic heterocycles. The monoisotopic (exact) mass is 478 g/mol. The van der Waals surface area contributed by atoms with E-state index in [2.05, 4.69) is 15.5 Å². The first-order chi connectivity index (χ1) is 16.0.